The van der Waals surface area contributed by atoms with E-state index in [9.17, 15) is 9.59 Å². The summed E-state index contributed by atoms with van der Waals surface area (Å²) >= 11 is 0. The van der Waals surface area contributed by atoms with Crippen molar-refractivity contribution >= 4 is 12.0 Å². The molecular formula is C36H42N6O3. The number of rotatable bonds is 7. The summed E-state index contributed by atoms with van der Waals surface area (Å²) in [5, 5.41) is 2.73. The normalized spacial score (nSPS) is 18.6. The van der Waals surface area contributed by atoms with E-state index in [1.165, 1.54) is 55.0 Å². The molecule has 3 heterocycles. The molecule has 0 spiro atoms. The van der Waals surface area contributed by atoms with Crippen molar-refractivity contribution in [3.8, 4) is 33.6 Å². The van der Waals surface area contributed by atoms with E-state index in [1.807, 2.05) is 24.9 Å². The molecule has 2 aromatic carbocycles. The van der Waals surface area contributed by atoms with Crippen LogP contribution < -0.4 is 5.32 Å². The van der Waals surface area contributed by atoms with Gasteiger partial charge in [0.05, 0.1) is 36.4 Å². The van der Waals surface area contributed by atoms with Crippen molar-refractivity contribution in [2.45, 2.75) is 83.2 Å². The van der Waals surface area contributed by atoms with E-state index in [1.54, 1.807) is 0 Å². The number of methoxy groups -OCH3 is 1. The maximum atomic E-state index is 13.6. The third-order valence-corrected chi connectivity index (χ3v) is 9.91. The zero-order valence-electron chi connectivity index (χ0n) is 26.4. The van der Waals surface area contributed by atoms with Crippen LogP contribution in [0.1, 0.15) is 87.2 Å². The van der Waals surface area contributed by atoms with E-state index < -0.39 is 12.1 Å². The Kier molecular flexibility index (Phi) is 7.94. The molecule has 3 aliphatic rings. The molecule has 9 nitrogen and oxygen atoms in total. The second-order valence-corrected chi connectivity index (χ2v) is 13.1. The number of nitrogens with zero attached hydrogens (tertiary/aromatic N) is 3. The predicted octanol–water partition coefficient (Wildman–Crippen LogP) is 6.93. The van der Waals surface area contributed by atoms with Gasteiger partial charge >= 0.3 is 6.09 Å². The topological polar surface area (TPSA) is 116 Å². The number of ether oxygens (including phenoxy) is 1. The SMILES string of the molecule is COC(=O)N[C@H](C(=O)N1CCC[C@H]1c1nc2c([nH]1)-c1ccc(-c3ccc(-c4cnc(C5CCCC5)[nH]4)cc3)cc1CC2)C(C)C. The Balaban J connectivity index is 1.09. The Morgan fingerprint density at radius 2 is 1.69 bits per heavy atom. The van der Waals surface area contributed by atoms with Crippen molar-refractivity contribution in [1.82, 2.24) is 30.2 Å². The van der Waals surface area contributed by atoms with Crippen LogP contribution in [0.15, 0.2) is 48.7 Å². The summed E-state index contributed by atoms with van der Waals surface area (Å²) in [5.41, 5.74) is 9.21. The number of H-pyrrole nitrogens is 2. The summed E-state index contributed by atoms with van der Waals surface area (Å²) in [6, 6.07) is 14.7. The Hall–Kier alpha value is -4.40. The molecule has 234 valence electrons. The number of fused-ring (bicyclic) bond motifs is 3. The highest BCUT2D eigenvalue weighted by molar-refractivity contribution is 5.86. The van der Waals surface area contributed by atoms with E-state index in [4.69, 9.17) is 9.72 Å². The predicted molar refractivity (Wildman–Crippen MR) is 174 cm³/mol. The van der Waals surface area contributed by atoms with Crippen LogP contribution in [0, 0.1) is 5.92 Å². The molecule has 1 aliphatic heterocycles. The Bertz CT molecular complexity index is 1700. The highest BCUT2D eigenvalue weighted by atomic mass is 16.5. The van der Waals surface area contributed by atoms with Gasteiger partial charge in [-0.1, -0.05) is 69.2 Å². The first kappa shape index (κ1) is 29.3. The molecular weight excluding hydrogens is 564 g/mol. The van der Waals surface area contributed by atoms with Gasteiger partial charge in [0, 0.05) is 18.0 Å². The molecule has 1 saturated carbocycles. The number of aromatic nitrogens is 4. The first-order valence-corrected chi connectivity index (χ1v) is 16.4. The second kappa shape index (κ2) is 12.2. The second-order valence-electron chi connectivity index (χ2n) is 13.1. The van der Waals surface area contributed by atoms with Crippen LogP contribution in [-0.2, 0) is 22.4 Å². The number of imidazole rings is 2. The first-order valence-electron chi connectivity index (χ1n) is 16.4. The number of aromatic amines is 2. The average Bonchev–Trinajstić information content (AvgIpc) is 3.89. The summed E-state index contributed by atoms with van der Waals surface area (Å²) in [4.78, 5) is 44.3. The van der Waals surface area contributed by atoms with E-state index in [0.29, 0.717) is 12.5 Å². The number of benzene rings is 2. The highest BCUT2D eigenvalue weighted by Crippen LogP contribution is 2.39. The van der Waals surface area contributed by atoms with Gasteiger partial charge in [0.1, 0.15) is 17.7 Å². The minimum Gasteiger partial charge on any atom is -0.453 e. The van der Waals surface area contributed by atoms with E-state index in [0.717, 1.165) is 60.0 Å². The van der Waals surface area contributed by atoms with Crippen molar-refractivity contribution in [3.63, 3.8) is 0 Å². The molecule has 4 aromatic rings. The van der Waals surface area contributed by atoms with Gasteiger partial charge in [0.2, 0.25) is 5.91 Å². The zero-order chi connectivity index (χ0) is 31.1. The maximum absolute atomic E-state index is 13.6. The van der Waals surface area contributed by atoms with Gasteiger partial charge in [-0.15, -0.1) is 0 Å². The number of carbonyl (C=O) groups is 2. The lowest BCUT2D eigenvalue weighted by atomic mass is 9.89. The van der Waals surface area contributed by atoms with Crippen molar-refractivity contribution in [1.29, 1.82) is 0 Å². The standard InChI is InChI=1S/C36H42N6O3/c1-21(2)31(41-36(44)45-3)35(43)42-18-6-9-30(42)34-38-28-17-15-26-19-25(14-16-27(26)32(28)40-34)22-10-12-23(13-11-22)29-20-37-33(39-29)24-7-4-5-8-24/h10-14,16,19-21,24,30-31H,4-9,15,17-18H2,1-3H3,(H,37,39)(H,38,40)(H,41,44)/t30-,31-/m0/s1. The minimum atomic E-state index is -0.648. The lowest BCUT2D eigenvalue weighted by Gasteiger charge is -2.30. The van der Waals surface area contributed by atoms with Gasteiger partial charge in [0.25, 0.3) is 0 Å². The maximum Gasteiger partial charge on any atom is 0.407 e. The minimum absolute atomic E-state index is 0.0696. The summed E-state index contributed by atoms with van der Waals surface area (Å²) in [6.45, 7) is 4.50. The fraction of sp³-hybridized carbons (Fsp3) is 0.444. The lowest BCUT2D eigenvalue weighted by Crippen LogP contribution is -2.51. The van der Waals surface area contributed by atoms with E-state index in [2.05, 4.69) is 62.7 Å². The molecule has 7 rings (SSSR count). The van der Waals surface area contributed by atoms with Crippen LogP contribution in [0.2, 0.25) is 0 Å². The molecule has 2 aliphatic carbocycles. The largest absolute Gasteiger partial charge is 0.453 e. The number of amides is 2. The Morgan fingerprint density at radius 3 is 2.44 bits per heavy atom. The molecule has 9 heteroatoms. The van der Waals surface area contributed by atoms with Gasteiger partial charge in [-0.05, 0) is 66.7 Å². The molecule has 0 unspecified atom stereocenters. The van der Waals surface area contributed by atoms with Gasteiger partial charge in [-0.25, -0.2) is 14.8 Å². The number of hydrogen-bond acceptors (Lipinski definition) is 5. The average molecular weight is 607 g/mol. The summed E-state index contributed by atoms with van der Waals surface area (Å²) in [7, 11) is 1.31. The number of hydrogen-bond donors (Lipinski definition) is 3. The van der Waals surface area contributed by atoms with Crippen LogP contribution in [0.5, 0.6) is 0 Å². The van der Waals surface area contributed by atoms with Gasteiger partial charge < -0.3 is 24.9 Å². The van der Waals surface area contributed by atoms with Crippen molar-refractivity contribution in [3.05, 3.63) is 71.6 Å². The number of likely N-dealkylation sites (tertiary alicyclic amines) is 1. The van der Waals surface area contributed by atoms with Crippen molar-refractivity contribution in [2.24, 2.45) is 5.92 Å². The molecule has 0 bridgehead atoms. The number of alkyl carbamates (subject to hydrolysis) is 1. The van der Waals surface area contributed by atoms with E-state index in [-0.39, 0.29) is 17.9 Å². The van der Waals surface area contributed by atoms with Gasteiger partial charge in [0.15, 0.2) is 0 Å². The molecule has 3 N–H and O–H groups in total. The van der Waals surface area contributed by atoms with Gasteiger partial charge in [-0.3, -0.25) is 4.79 Å². The third-order valence-electron chi connectivity index (χ3n) is 9.91. The van der Waals surface area contributed by atoms with E-state index >= 15 is 0 Å². The quantitative estimate of drug-likeness (QED) is 0.211. The molecule has 45 heavy (non-hydrogen) atoms. The van der Waals surface area contributed by atoms with Crippen LogP contribution >= 0.6 is 0 Å². The summed E-state index contributed by atoms with van der Waals surface area (Å²) in [6.07, 6.45) is 9.95. The van der Waals surface area contributed by atoms with Crippen LogP contribution in [0.25, 0.3) is 33.6 Å². The number of nitrogens with one attached hydrogen (secondary N) is 3. The molecule has 0 radical (unpaired) electrons. The Labute approximate surface area is 264 Å². The van der Waals surface area contributed by atoms with Crippen molar-refractivity contribution < 1.29 is 14.3 Å². The molecule has 1 saturated heterocycles. The highest BCUT2D eigenvalue weighted by Gasteiger charge is 2.38. The fourth-order valence-electron chi connectivity index (χ4n) is 7.39. The first-order chi connectivity index (χ1) is 21.9. The fourth-order valence-corrected chi connectivity index (χ4v) is 7.39. The molecule has 2 atom stereocenters. The van der Waals surface area contributed by atoms with Crippen LogP contribution in [0.4, 0.5) is 4.79 Å². The van der Waals surface area contributed by atoms with Crippen LogP contribution in [-0.4, -0.2) is 56.5 Å². The summed E-state index contributed by atoms with van der Waals surface area (Å²) in [5.74, 6) is 2.37. The Morgan fingerprint density at radius 1 is 0.933 bits per heavy atom. The smallest absolute Gasteiger partial charge is 0.407 e. The summed E-state index contributed by atoms with van der Waals surface area (Å²) < 4.78 is 4.78. The monoisotopic (exact) mass is 606 g/mol. The lowest BCUT2D eigenvalue weighted by molar-refractivity contribution is -0.135. The molecule has 2 amide bonds. The van der Waals surface area contributed by atoms with Gasteiger partial charge in [-0.2, -0.15) is 0 Å². The molecule has 2 aromatic heterocycles. The van der Waals surface area contributed by atoms with Crippen LogP contribution in [0.3, 0.4) is 0 Å². The van der Waals surface area contributed by atoms with Crippen molar-refractivity contribution in [2.75, 3.05) is 13.7 Å². The number of carbonyl (C=O) groups excluding carboxylic acids is 2. The molecule has 2 fully saturated rings. The zero-order valence-corrected chi connectivity index (χ0v) is 26.4. The third kappa shape index (κ3) is 5.64. The number of aryl methyl sites for hydroxylation is 2.